The van der Waals surface area contributed by atoms with Crippen LogP contribution in [0, 0.1) is 10.1 Å². The molecular formula is C19H17N3O6. The van der Waals surface area contributed by atoms with Crippen molar-refractivity contribution in [3.63, 3.8) is 0 Å². The topological polar surface area (TPSA) is 116 Å². The molecule has 0 amide bonds. The van der Waals surface area contributed by atoms with Crippen LogP contribution in [0.25, 0.3) is 10.8 Å². The molecule has 0 aliphatic rings. The van der Waals surface area contributed by atoms with E-state index in [1.54, 1.807) is 18.2 Å². The van der Waals surface area contributed by atoms with Gasteiger partial charge in [-0.1, -0.05) is 24.3 Å². The second kappa shape index (κ2) is 7.78. The first-order valence-corrected chi connectivity index (χ1v) is 8.11. The minimum absolute atomic E-state index is 0.0139. The fourth-order valence-corrected chi connectivity index (χ4v) is 2.75. The zero-order valence-electron chi connectivity index (χ0n) is 15.4. The van der Waals surface area contributed by atoms with Gasteiger partial charge in [-0.25, -0.2) is 0 Å². The molecule has 9 nitrogen and oxygen atoms in total. The summed E-state index contributed by atoms with van der Waals surface area (Å²) in [4.78, 5) is 10.6. The number of ether oxygens (including phenoxy) is 3. The Morgan fingerprint density at radius 2 is 1.43 bits per heavy atom. The SMILES string of the molecule is COc1cc([N+](=O)[O-])c(OC)cc1N=Nc1cc(OC)c2ccccc2c1O. The summed E-state index contributed by atoms with van der Waals surface area (Å²) in [6, 6.07) is 11.3. The molecule has 0 aromatic heterocycles. The molecule has 9 heteroatoms. The largest absolute Gasteiger partial charge is 0.505 e. The molecular weight excluding hydrogens is 366 g/mol. The van der Waals surface area contributed by atoms with Gasteiger partial charge in [-0.3, -0.25) is 10.1 Å². The highest BCUT2D eigenvalue weighted by molar-refractivity contribution is 5.97. The fraction of sp³-hybridized carbons (Fsp3) is 0.158. The lowest BCUT2D eigenvalue weighted by molar-refractivity contribution is -0.385. The number of aromatic hydroxyl groups is 1. The van der Waals surface area contributed by atoms with E-state index >= 15 is 0 Å². The molecule has 144 valence electrons. The number of nitro groups is 1. The lowest BCUT2D eigenvalue weighted by atomic mass is 10.1. The Morgan fingerprint density at radius 1 is 0.857 bits per heavy atom. The van der Waals surface area contributed by atoms with E-state index in [4.69, 9.17) is 14.2 Å². The molecule has 0 spiro atoms. The zero-order valence-corrected chi connectivity index (χ0v) is 15.4. The minimum atomic E-state index is -0.581. The van der Waals surface area contributed by atoms with Crippen LogP contribution in [-0.4, -0.2) is 31.4 Å². The normalized spacial score (nSPS) is 11.0. The molecule has 0 fully saturated rings. The Morgan fingerprint density at radius 3 is 2.04 bits per heavy atom. The number of fused-ring (bicyclic) bond motifs is 1. The number of nitrogens with zero attached hydrogens (tertiary/aromatic N) is 3. The summed E-state index contributed by atoms with van der Waals surface area (Å²) in [6.45, 7) is 0. The third-order valence-electron chi connectivity index (χ3n) is 4.12. The van der Waals surface area contributed by atoms with E-state index in [1.807, 2.05) is 12.1 Å². The second-order valence-corrected chi connectivity index (χ2v) is 5.65. The van der Waals surface area contributed by atoms with Crippen LogP contribution >= 0.6 is 0 Å². The molecule has 0 radical (unpaired) electrons. The third kappa shape index (κ3) is 3.37. The Kier molecular flexibility index (Phi) is 5.25. The van der Waals surface area contributed by atoms with Crippen molar-refractivity contribution in [3.05, 3.63) is 52.6 Å². The predicted molar refractivity (Wildman–Crippen MR) is 103 cm³/mol. The van der Waals surface area contributed by atoms with E-state index in [0.29, 0.717) is 11.1 Å². The number of hydrogen-bond acceptors (Lipinski definition) is 8. The molecule has 0 bridgehead atoms. The first-order valence-electron chi connectivity index (χ1n) is 8.11. The van der Waals surface area contributed by atoms with Gasteiger partial charge in [0.1, 0.15) is 17.1 Å². The van der Waals surface area contributed by atoms with Crippen molar-refractivity contribution < 1.29 is 24.2 Å². The Bertz CT molecular complexity index is 1080. The van der Waals surface area contributed by atoms with Crippen LogP contribution in [0.5, 0.6) is 23.0 Å². The van der Waals surface area contributed by atoms with Gasteiger partial charge in [0.15, 0.2) is 17.2 Å². The molecule has 0 atom stereocenters. The number of phenols is 1. The quantitative estimate of drug-likeness (QED) is 0.368. The molecule has 0 saturated carbocycles. The molecule has 3 aromatic carbocycles. The third-order valence-corrected chi connectivity index (χ3v) is 4.12. The molecule has 0 unspecified atom stereocenters. The zero-order chi connectivity index (χ0) is 20.3. The molecule has 3 rings (SSSR count). The maximum absolute atomic E-state index is 11.1. The Hall–Kier alpha value is -3.88. The number of rotatable bonds is 6. The molecule has 0 heterocycles. The first-order chi connectivity index (χ1) is 13.5. The molecule has 0 aliphatic heterocycles. The van der Waals surface area contributed by atoms with Gasteiger partial charge in [0, 0.05) is 22.9 Å². The monoisotopic (exact) mass is 383 g/mol. The van der Waals surface area contributed by atoms with E-state index in [0.717, 1.165) is 5.39 Å². The van der Waals surface area contributed by atoms with Crippen molar-refractivity contribution in [2.24, 2.45) is 10.2 Å². The van der Waals surface area contributed by atoms with E-state index in [-0.39, 0.29) is 34.3 Å². The van der Waals surface area contributed by atoms with Crippen molar-refractivity contribution >= 4 is 27.8 Å². The minimum Gasteiger partial charge on any atom is -0.505 e. The molecule has 28 heavy (non-hydrogen) atoms. The maximum atomic E-state index is 11.1. The maximum Gasteiger partial charge on any atom is 0.314 e. The van der Waals surface area contributed by atoms with Crippen molar-refractivity contribution in [1.29, 1.82) is 0 Å². The van der Waals surface area contributed by atoms with Crippen LogP contribution < -0.4 is 14.2 Å². The predicted octanol–water partition coefficient (Wildman–Crippen LogP) is 4.89. The summed E-state index contributed by atoms with van der Waals surface area (Å²) in [6.07, 6.45) is 0. The first kappa shape index (κ1) is 18.9. The van der Waals surface area contributed by atoms with Gasteiger partial charge in [-0.05, 0) is 0 Å². The standard InChI is InChI=1S/C19H17N3O6/c1-26-16-9-14(19(23)12-7-5-4-6-11(12)16)21-20-13-8-18(28-3)15(22(24)25)10-17(13)27-2/h4-10,23H,1-3H3. The molecule has 0 saturated heterocycles. The summed E-state index contributed by atoms with van der Waals surface area (Å²) in [5, 5.41) is 31.1. The highest BCUT2D eigenvalue weighted by Gasteiger charge is 2.20. The van der Waals surface area contributed by atoms with Crippen molar-refractivity contribution in [2.45, 2.75) is 0 Å². The smallest absolute Gasteiger partial charge is 0.314 e. The van der Waals surface area contributed by atoms with Gasteiger partial charge in [-0.15, -0.1) is 10.2 Å². The van der Waals surface area contributed by atoms with E-state index in [1.165, 1.54) is 33.5 Å². The van der Waals surface area contributed by atoms with Crippen molar-refractivity contribution in [1.82, 2.24) is 0 Å². The van der Waals surface area contributed by atoms with Gasteiger partial charge < -0.3 is 19.3 Å². The molecule has 3 aromatic rings. The van der Waals surface area contributed by atoms with Gasteiger partial charge in [0.2, 0.25) is 0 Å². The summed E-state index contributed by atoms with van der Waals surface area (Å²) >= 11 is 0. The highest BCUT2D eigenvalue weighted by atomic mass is 16.6. The van der Waals surface area contributed by atoms with Crippen LogP contribution in [0.1, 0.15) is 0 Å². The van der Waals surface area contributed by atoms with Crippen LogP contribution in [0.15, 0.2) is 52.7 Å². The number of phenolic OH excluding ortho intramolecular Hbond substituents is 1. The Labute approximate surface area is 159 Å². The number of hydrogen-bond donors (Lipinski definition) is 1. The summed E-state index contributed by atoms with van der Waals surface area (Å²) < 4.78 is 15.6. The van der Waals surface area contributed by atoms with Crippen LogP contribution in [0.2, 0.25) is 0 Å². The van der Waals surface area contributed by atoms with Crippen LogP contribution in [0.3, 0.4) is 0 Å². The van der Waals surface area contributed by atoms with Gasteiger partial charge in [-0.2, -0.15) is 0 Å². The fourth-order valence-electron chi connectivity index (χ4n) is 2.75. The van der Waals surface area contributed by atoms with Crippen LogP contribution in [-0.2, 0) is 0 Å². The lowest BCUT2D eigenvalue weighted by Gasteiger charge is -2.10. The second-order valence-electron chi connectivity index (χ2n) is 5.65. The van der Waals surface area contributed by atoms with E-state index in [2.05, 4.69) is 10.2 Å². The van der Waals surface area contributed by atoms with Crippen LogP contribution in [0.4, 0.5) is 17.1 Å². The van der Waals surface area contributed by atoms with Crippen molar-refractivity contribution in [2.75, 3.05) is 21.3 Å². The highest BCUT2D eigenvalue weighted by Crippen LogP contribution is 2.43. The molecule has 1 N–H and O–H groups in total. The summed E-state index contributed by atoms with van der Waals surface area (Å²) in [5.74, 6) is 0.618. The average molecular weight is 383 g/mol. The number of methoxy groups -OCH3 is 3. The number of benzene rings is 3. The Balaban J connectivity index is 2.12. The average Bonchev–Trinajstić information content (AvgIpc) is 2.72. The van der Waals surface area contributed by atoms with Crippen molar-refractivity contribution in [3.8, 4) is 23.0 Å². The lowest BCUT2D eigenvalue weighted by Crippen LogP contribution is -1.95. The molecule has 0 aliphatic carbocycles. The summed E-state index contributed by atoms with van der Waals surface area (Å²) in [7, 11) is 4.20. The van der Waals surface area contributed by atoms with Gasteiger partial charge in [0.25, 0.3) is 0 Å². The number of azo groups is 1. The van der Waals surface area contributed by atoms with Gasteiger partial charge in [0.05, 0.1) is 32.3 Å². The number of nitro benzene ring substituents is 1. The summed E-state index contributed by atoms with van der Waals surface area (Å²) in [5.41, 5.74) is 0.125. The van der Waals surface area contributed by atoms with E-state index in [9.17, 15) is 15.2 Å². The van der Waals surface area contributed by atoms with E-state index < -0.39 is 4.92 Å². The van der Waals surface area contributed by atoms with Gasteiger partial charge >= 0.3 is 5.69 Å².